The number of carbonyl (C=O) groups excluding carboxylic acids is 1. The van der Waals surface area contributed by atoms with E-state index in [1.54, 1.807) is 12.3 Å². The fourth-order valence-electron chi connectivity index (χ4n) is 2.79. The second-order valence-corrected chi connectivity index (χ2v) is 6.14. The van der Waals surface area contributed by atoms with Gasteiger partial charge in [-0.3, -0.25) is 4.79 Å². The molecule has 0 bridgehead atoms. The average molecular weight is 378 g/mol. The molecular weight excluding hydrogens is 361 g/mol. The number of pyridine rings is 1. The van der Waals surface area contributed by atoms with Crippen LogP contribution in [-0.2, 0) is 4.79 Å². The van der Waals surface area contributed by atoms with Crippen molar-refractivity contribution in [2.24, 2.45) is 0 Å². The number of aliphatic hydroxyl groups excluding tert-OH is 1. The highest BCUT2D eigenvalue weighted by Gasteiger charge is 2.27. The second-order valence-electron chi connectivity index (χ2n) is 6.14. The summed E-state index contributed by atoms with van der Waals surface area (Å²) in [6.45, 7) is 5.03. The summed E-state index contributed by atoms with van der Waals surface area (Å²) in [7, 11) is 0. The van der Waals surface area contributed by atoms with Crippen molar-refractivity contribution in [2.45, 2.75) is 13.0 Å². The maximum absolute atomic E-state index is 13.5. The SMILES string of the molecule is C=C(NC(CO)c1cc(F)c(F)c(F)c1)N1CC(=O)Nc2cc(C)cnc21. The minimum absolute atomic E-state index is 0.00593. The number of aryl methyl sites for hydroxylation is 1. The molecule has 3 N–H and O–H groups in total. The van der Waals surface area contributed by atoms with Gasteiger partial charge in [0.1, 0.15) is 12.4 Å². The van der Waals surface area contributed by atoms with E-state index in [9.17, 15) is 23.1 Å². The summed E-state index contributed by atoms with van der Waals surface area (Å²) in [6.07, 6.45) is 1.62. The van der Waals surface area contributed by atoms with Gasteiger partial charge in [-0.2, -0.15) is 0 Å². The number of fused-ring (bicyclic) bond motifs is 1. The van der Waals surface area contributed by atoms with Crippen molar-refractivity contribution in [1.82, 2.24) is 10.3 Å². The fourth-order valence-corrected chi connectivity index (χ4v) is 2.79. The van der Waals surface area contributed by atoms with E-state index in [1.807, 2.05) is 6.92 Å². The molecule has 1 aromatic carbocycles. The molecule has 1 atom stereocenters. The lowest BCUT2D eigenvalue weighted by Crippen LogP contribution is -2.43. The molecular formula is C18H17F3N4O2. The van der Waals surface area contributed by atoms with Crippen molar-refractivity contribution in [1.29, 1.82) is 0 Å². The number of carbonyl (C=O) groups is 1. The zero-order chi connectivity index (χ0) is 19.7. The van der Waals surface area contributed by atoms with Crippen molar-refractivity contribution >= 4 is 17.4 Å². The highest BCUT2D eigenvalue weighted by molar-refractivity contribution is 6.01. The molecule has 2 heterocycles. The number of aliphatic hydroxyl groups is 1. The normalized spacial score (nSPS) is 14.4. The summed E-state index contributed by atoms with van der Waals surface area (Å²) in [6, 6.07) is 2.35. The Labute approximate surface area is 153 Å². The predicted molar refractivity (Wildman–Crippen MR) is 93.4 cm³/mol. The molecule has 142 valence electrons. The predicted octanol–water partition coefficient (Wildman–Crippen LogP) is 2.36. The van der Waals surface area contributed by atoms with Gasteiger partial charge in [0.05, 0.1) is 18.3 Å². The Morgan fingerprint density at radius 2 is 2.04 bits per heavy atom. The zero-order valence-corrected chi connectivity index (χ0v) is 14.4. The lowest BCUT2D eigenvalue weighted by Gasteiger charge is -2.33. The summed E-state index contributed by atoms with van der Waals surface area (Å²) in [5.74, 6) is -3.99. The average Bonchev–Trinajstić information content (AvgIpc) is 2.62. The van der Waals surface area contributed by atoms with Crippen molar-refractivity contribution in [2.75, 3.05) is 23.4 Å². The molecule has 1 amide bonds. The summed E-state index contributed by atoms with van der Waals surface area (Å²) >= 11 is 0. The molecule has 0 fully saturated rings. The number of benzene rings is 1. The maximum atomic E-state index is 13.5. The van der Waals surface area contributed by atoms with Crippen molar-refractivity contribution in [3.63, 3.8) is 0 Å². The lowest BCUT2D eigenvalue weighted by molar-refractivity contribution is -0.115. The van der Waals surface area contributed by atoms with Gasteiger partial charge in [-0.1, -0.05) is 6.58 Å². The number of aromatic nitrogens is 1. The Kier molecular flexibility index (Phi) is 5.04. The lowest BCUT2D eigenvalue weighted by atomic mass is 10.1. The quantitative estimate of drug-likeness (QED) is 0.697. The van der Waals surface area contributed by atoms with Gasteiger partial charge in [0.25, 0.3) is 0 Å². The number of hydrogen-bond acceptors (Lipinski definition) is 5. The molecule has 1 unspecified atom stereocenters. The molecule has 3 rings (SSSR count). The number of hydrogen-bond donors (Lipinski definition) is 3. The Morgan fingerprint density at radius 1 is 1.37 bits per heavy atom. The summed E-state index contributed by atoms with van der Waals surface area (Å²) in [5, 5.41) is 15.1. The van der Waals surface area contributed by atoms with Gasteiger partial charge in [0.15, 0.2) is 23.3 Å². The van der Waals surface area contributed by atoms with Crippen LogP contribution in [0.4, 0.5) is 24.7 Å². The van der Waals surface area contributed by atoms with Gasteiger partial charge in [0, 0.05) is 6.20 Å². The first kappa shape index (κ1) is 18.7. The number of amides is 1. The van der Waals surface area contributed by atoms with Crippen LogP contribution in [-0.4, -0.2) is 29.1 Å². The van der Waals surface area contributed by atoms with E-state index in [4.69, 9.17) is 0 Å². The van der Waals surface area contributed by atoms with Crippen LogP contribution in [0.1, 0.15) is 17.2 Å². The Balaban J connectivity index is 1.87. The minimum Gasteiger partial charge on any atom is -0.394 e. The molecule has 1 aliphatic rings. The maximum Gasteiger partial charge on any atom is 0.244 e. The summed E-state index contributed by atoms with van der Waals surface area (Å²) in [4.78, 5) is 17.7. The van der Waals surface area contributed by atoms with Gasteiger partial charge in [0.2, 0.25) is 5.91 Å². The Hall–Kier alpha value is -3.07. The second kappa shape index (κ2) is 7.28. The standard InChI is InChI=1S/C18H17F3N4O2/c1-9-3-14-18(22-6-9)25(7-16(27)24-14)10(2)23-15(8-26)11-4-12(19)17(21)13(20)5-11/h3-6,15,23,26H,2,7-8H2,1H3,(H,24,27). The molecule has 2 aromatic rings. The summed E-state index contributed by atoms with van der Waals surface area (Å²) in [5.41, 5.74) is 1.34. The molecule has 1 aliphatic heterocycles. The Bertz CT molecular complexity index is 896. The molecule has 1 aromatic heterocycles. The van der Waals surface area contributed by atoms with E-state index in [-0.39, 0.29) is 23.8 Å². The smallest absolute Gasteiger partial charge is 0.244 e. The third-order valence-electron chi connectivity index (χ3n) is 4.09. The van der Waals surface area contributed by atoms with E-state index >= 15 is 0 Å². The van der Waals surface area contributed by atoms with Crippen LogP contribution in [0.5, 0.6) is 0 Å². The molecule has 0 saturated carbocycles. The highest BCUT2D eigenvalue weighted by Crippen LogP contribution is 2.30. The molecule has 0 spiro atoms. The van der Waals surface area contributed by atoms with Crippen molar-refractivity contribution in [3.8, 4) is 0 Å². The highest BCUT2D eigenvalue weighted by atomic mass is 19.2. The number of halogens is 3. The van der Waals surface area contributed by atoms with Crippen LogP contribution in [0.2, 0.25) is 0 Å². The molecule has 0 aliphatic carbocycles. The summed E-state index contributed by atoms with van der Waals surface area (Å²) < 4.78 is 40.2. The van der Waals surface area contributed by atoms with Crippen LogP contribution in [0.3, 0.4) is 0 Å². The van der Waals surface area contributed by atoms with E-state index in [0.717, 1.165) is 17.7 Å². The van der Waals surface area contributed by atoms with Gasteiger partial charge < -0.3 is 20.6 Å². The van der Waals surface area contributed by atoms with Crippen molar-refractivity contribution < 1.29 is 23.1 Å². The largest absolute Gasteiger partial charge is 0.394 e. The Morgan fingerprint density at radius 3 is 2.67 bits per heavy atom. The number of rotatable bonds is 5. The monoisotopic (exact) mass is 378 g/mol. The van der Waals surface area contributed by atoms with Crippen LogP contribution in [0.25, 0.3) is 0 Å². The van der Waals surface area contributed by atoms with Crippen LogP contribution in [0.15, 0.2) is 36.8 Å². The number of anilines is 2. The fraction of sp³-hybridized carbons (Fsp3) is 0.222. The third kappa shape index (κ3) is 3.72. The first-order valence-electron chi connectivity index (χ1n) is 8.05. The minimum atomic E-state index is -1.59. The topological polar surface area (TPSA) is 77.5 Å². The van der Waals surface area contributed by atoms with E-state index in [1.165, 1.54) is 4.90 Å². The molecule has 0 saturated heterocycles. The number of nitrogens with zero attached hydrogens (tertiary/aromatic N) is 2. The number of nitrogens with one attached hydrogen (secondary N) is 2. The van der Waals surface area contributed by atoms with Crippen LogP contribution < -0.4 is 15.5 Å². The zero-order valence-electron chi connectivity index (χ0n) is 14.4. The molecule has 6 nitrogen and oxygen atoms in total. The van der Waals surface area contributed by atoms with Gasteiger partial charge >= 0.3 is 0 Å². The van der Waals surface area contributed by atoms with E-state index in [0.29, 0.717) is 11.5 Å². The van der Waals surface area contributed by atoms with Crippen LogP contribution in [0, 0.1) is 24.4 Å². The third-order valence-corrected chi connectivity index (χ3v) is 4.09. The van der Waals surface area contributed by atoms with E-state index in [2.05, 4.69) is 22.2 Å². The van der Waals surface area contributed by atoms with E-state index < -0.39 is 30.1 Å². The molecule has 27 heavy (non-hydrogen) atoms. The first-order valence-corrected chi connectivity index (χ1v) is 8.05. The van der Waals surface area contributed by atoms with Crippen LogP contribution >= 0.6 is 0 Å². The van der Waals surface area contributed by atoms with Gasteiger partial charge in [-0.15, -0.1) is 0 Å². The molecule has 0 radical (unpaired) electrons. The molecule has 9 heteroatoms. The first-order chi connectivity index (χ1) is 12.8. The van der Waals surface area contributed by atoms with Gasteiger partial charge in [-0.05, 0) is 36.2 Å². The van der Waals surface area contributed by atoms with Crippen molar-refractivity contribution in [3.05, 3.63) is 65.4 Å². The van der Waals surface area contributed by atoms with Gasteiger partial charge in [-0.25, -0.2) is 18.2 Å².